The van der Waals surface area contributed by atoms with Crippen LogP contribution in [0.2, 0.25) is 0 Å². The van der Waals surface area contributed by atoms with Gasteiger partial charge in [-0.2, -0.15) is 0 Å². The third-order valence-corrected chi connectivity index (χ3v) is 3.59. The number of carbonyl (C=O) groups is 1. The highest BCUT2D eigenvalue weighted by molar-refractivity contribution is 9.10. The molecule has 2 aromatic rings. The maximum Gasteiger partial charge on any atom is 0.252 e. The molecule has 19 heavy (non-hydrogen) atoms. The van der Waals surface area contributed by atoms with Crippen molar-refractivity contribution in [3.63, 3.8) is 0 Å². The van der Waals surface area contributed by atoms with Crippen LogP contribution in [-0.4, -0.2) is 10.9 Å². The second kappa shape index (κ2) is 5.97. The summed E-state index contributed by atoms with van der Waals surface area (Å²) in [5.41, 5.74) is 2.69. The molecule has 4 heteroatoms. The second-order valence-electron chi connectivity index (χ2n) is 4.46. The molecule has 0 fully saturated rings. The van der Waals surface area contributed by atoms with Crippen LogP contribution in [0.1, 0.15) is 34.5 Å². The van der Waals surface area contributed by atoms with Gasteiger partial charge in [0, 0.05) is 16.9 Å². The lowest BCUT2D eigenvalue weighted by Gasteiger charge is -2.14. The fraction of sp³-hybridized carbons (Fsp3) is 0.200. The highest BCUT2D eigenvalue weighted by Crippen LogP contribution is 2.19. The number of halogens is 1. The fourth-order valence-electron chi connectivity index (χ4n) is 1.80. The van der Waals surface area contributed by atoms with Crippen molar-refractivity contribution >= 4 is 21.8 Å². The van der Waals surface area contributed by atoms with Crippen molar-refractivity contribution in [2.24, 2.45) is 0 Å². The summed E-state index contributed by atoms with van der Waals surface area (Å²) in [6, 6.07) is 9.46. The van der Waals surface area contributed by atoms with Gasteiger partial charge in [0.15, 0.2) is 0 Å². The van der Waals surface area contributed by atoms with Crippen molar-refractivity contribution < 1.29 is 4.79 Å². The topological polar surface area (TPSA) is 42.0 Å². The first kappa shape index (κ1) is 13.7. The average molecular weight is 319 g/mol. The maximum absolute atomic E-state index is 12.2. The predicted octanol–water partition coefficient (Wildman–Crippen LogP) is 3.64. The van der Waals surface area contributed by atoms with E-state index in [-0.39, 0.29) is 11.9 Å². The van der Waals surface area contributed by atoms with E-state index in [2.05, 4.69) is 26.2 Å². The lowest BCUT2D eigenvalue weighted by molar-refractivity contribution is 0.0939. The molecule has 0 saturated carbocycles. The number of aryl methyl sites for hydroxylation is 1. The molecule has 0 aliphatic rings. The lowest BCUT2D eigenvalue weighted by Crippen LogP contribution is -2.27. The van der Waals surface area contributed by atoms with E-state index in [1.807, 2.05) is 44.2 Å². The molecule has 0 aliphatic carbocycles. The zero-order chi connectivity index (χ0) is 13.8. The molecule has 1 unspecified atom stereocenters. The van der Waals surface area contributed by atoms with Gasteiger partial charge >= 0.3 is 0 Å². The monoisotopic (exact) mass is 318 g/mol. The number of rotatable bonds is 3. The standard InChI is InChI=1S/C15H15BrN2O/c1-10-5-6-14(16)13(8-10)15(19)18-11(2)12-4-3-7-17-9-12/h3-9,11H,1-2H3,(H,18,19). The highest BCUT2D eigenvalue weighted by atomic mass is 79.9. The summed E-state index contributed by atoms with van der Waals surface area (Å²) in [7, 11) is 0. The summed E-state index contributed by atoms with van der Waals surface area (Å²) < 4.78 is 0.800. The van der Waals surface area contributed by atoms with Crippen LogP contribution in [0.4, 0.5) is 0 Å². The van der Waals surface area contributed by atoms with Gasteiger partial charge in [-0.25, -0.2) is 0 Å². The van der Waals surface area contributed by atoms with Crippen LogP contribution in [0.25, 0.3) is 0 Å². The van der Waals surface area contributed by atoms with Crippen LogP contribution in [0.5, 0.6) is 0 Å². The molecule has 1 amide bonds. The summed E-state index contributed by atoms with van der Waals surface area (Å²) in [5, 5.41) is 2.97. The van der Waals surface area contributed by atoms with Crippen molar-refractivity contribution in [1.29, 1.82) is 0 Å². The zero-order valence-electron chi connectivity index (χ0n) is 10.9. The van der Waals surface area contributed by atoms with Crippen LogP contribution < -0.4 is 5.32 Å². The summed E-state index contributed by atoms with van der Waals surface area (Å²) in [4.78, 5) is 16.3. The lowest BCUT2D eigenvalue weighted by atomic mass is 10.1. The largest absolute Gasteiger partial charge is 0.345 e. The van der Waals surface area contributed by atoms with Gasteiger partial charge in [0.25, 0.3) is 5.91 Å². The Morgan fingerprint density at radius 1 is 1.37 bits per heavy atom. The van der Waals surface area contributed by atoms with E-state index in [0.29, 0.717) is 5.56 Å². The van der Waals surface area contributed by atoms with E-state index < -0.39 is 0 Å². The quantitative estimate of drug-likeness (QED) is 0.938. The summed E-state index contributed by atoms with van der Waals surface area (Å²) in [6.07, 6.45) is 3.48. The van der Waals surface area contributed by atoms with E-state index >= 15 is 0 Å². The number of hydrogen-bond acceptors (Lipinski definition) is 2. The number of carbonyl (C=O) groups excluding carboxylic acids is 1. The van der Waals surface area contributed by atoms with Gasteiger partial charge < -0.3 is 5.32 Å². The Balaban J connectivity index is 2.15. The smallest absolute Gasteiger partial charge is 0.252 e. The molecule has 98 valence electrons. The molecule has 1 heterocycles. The minimum Gasteiger partial charge on any atom is -0.345 e. The van der Waals surface area contributed by atoms with Crippen molar-refractivity contribution in [3.8, 4) is 0 Å². The molecule has 1 atom stereocenters. The Bertz CT molecular complexity index is 584. The molecule has 0 radical (unpaired) electrons. The maximum atomic E-state index is 12.2. The van der Waals surface area contributed by atoms with Crippen LogP contribution in [-0.2, 0) is 0 Å². The van der Waals surface area contributed by atoms with Crippen LogP contribution in [0, 0.1) is 6.92 Å². The van der Waals surface area contributed by atoms with Gasteiger partial charge in [-0.3, -0.25) is 9.78 Å². The van der Waals surface area contributed by atoms with Gasteiger partial charge in [0.1, 0.15) is 0 Å². The number of aromatic nitrogens is 1. The first-order valence-electron chi connectivity index (χ1n) is 6.05. The first-order valence-corrected chi connectivity index (χ1v) is 6.84. The van der Waals surface area contributed by atoms with E-state index in [9.17, 15) is 4.79 Å². The second-order valence-corrected chi connectivity index (χ2v) is 5.32. The van der Waals surface area contributed by atoms with Crippen molar-refractivity contribution in [2.45, 2.75) is 19.9 Å². The first-order chi connectivity index (χ1) is 9.08. The molecule has 1 N–H and O–H groups in total. The number of nitrogens with zero attached hydrogens (tertiary/aromatic N) is 1. The average Bonchev–Trinajstić information content (AvgIpc) is 2.42. The molecule has 0 bridgehead atoms. The minimum atomic E-state index is -0.0908. The summed E-state index contributed by atoms with van der Waals surface area (Å²) >= 11 is 3.40. The molecule has 1 aromatic heterocycles. The summed E-state index contributed by atoms with van der Waals surface area (Å²) in [6.45, 7) is 3.91. The Morgan fingerprint density at radius 3 is 2.84 bits per heavy atom. The molecule has 1 aromatic carbocycles. The van der Waals surface area contributed by atoms with E-state index in [1.165, 1.54) is 0 Å². The fourth-order valence-corrected chi connectivity index (χ4v) is 2.23. The number of benzene rings is 1. The van der Waals surface area contributed by atoms with E-state index in [1.54, 1.807) is 12.4 Å². The molecule has 0 aliphatic heterocycles. The van der Waals surface area contributed by atoms with E-state index in [4.69, 9.17) is 0 Å². The molecule has 0 saturated heterocycles. The van der Waals surface area contributed by atoms with Crippen molar-refractivity contribution in [3.05, 3.63) is 63.9 Å². The summed E-state index contributed by atoms with van der Waals surface area (Å²) in [5.74, 6) is -0.0908. The van der Waals surface area contributed by atoms with Gasteiger partial charge in [0.05, 0.1) is 11.6 Å². The number of amides is 1. The van der Waals surface area contributed by atoms with Gasteiger partial charge in [-0.1, -0.05) is 17.7 Å². The van der Waals surface area contributed by atoms with Crippen LogP contribution in [0.3, 0.4) is 0 Å². The third kappa shape index (κ3) is 3.41. The van der Waals surface area contributed by atoms with Crippen LogP contribution >= 0.6 is 15.9 Å². The van der Waals surface area contributed by atoms with Crippen LogP contribution in [0.15, 0.2) is 47.2 Å². The molecular weight excluding hydrogens is 304 g/mol. The van der Waals surface area contributed by atoms with Crippen molar-refractivity contribution in [1.82, 2.24) is 10.3 Å². The van der Waals surface area contributed by atoms with Gasteiger partial charge in [0.2, 0.25) is 0 Å². The van der Waals surface area contributed by atoms with E-state index in [0.717, 1.165) is 15.6 Å². The zero-order valence-corrected chi connectivity index (χ0v) is 12.4. The molecule has 3 nitrogen and oxygen atoms in total. The Kier molecular flexibility index (Phi) is 4.32. The number of hydrogen-bond donors (Lipinski definition) is 1. The Labute approximate surface area is 121 Å². The third-order valence-electron chi connectivity index (χ3n) is 2.90. The number of nitrogens with one attached hydrogen (secondary N) is 1. The Morgan fingerprint density at radius 2 is 2.16 bits per heavy atom. The van der Waals surface area contributed by atoms with Gasteiger partial charge in [-0.15, -0.1) is 0 Å². The predicted molar refractivity (Wildman–Crippen MR) is 79.0 cm³/mol. The van der Waals surface area contributed by atoms with Crippen molar-refractivity contribution in [2.75, 3.05) is 0 Å². The molecule has 2 rings (SSSR count). The highest BCUT2D eigenvalue weighted by Gasteiger charge is 2.14. The SMILES string of the molecule is Cc1ccc(Br)c(C(=O)NC(C)c2cccnc2)c1. The molecule has 0 spiro atoms. The molecular formula is C15H15BrN2O. The van der Waals surface area contributed by atoms with Gasteiger partial charge in [-0.05, 0) is 53.5 Å². The number of pyridine rings is 1. The minimum absolute atomic E-state index is 0.0754. The normalized spacial score (nSPS) is 11.9. The Hall–Kier alpha value is -1.68.